The number of esters is 1. The first-order chi connectivity index (χ1) is 9.69. The maximum absolute atomic E-state index is 11.4. The highest BCUT2D eigenvalue weighted by atomic mass is 16.5. The van der Waals surface area contributed by atoms with Crippen molar-refractivity contribution in [3.63, 3.8) is 0 Å². The van der Waals surface area contributed by atoms with Crippen LogP contribution in [0.25, 0.3) is 0 Å². The highest BCUT2D eigenvalue weighted by molar-refractivity contribution is 6.34. The molecule has 0 fully saturated rings. The number of rotatable bonds is 5. The van der Waals surface area contributed by atoms with Crippen LogP contribution in [-0.2, 0) is 20.7 Å². The highest BCUT2D eigenvalue weighted by Crippen LogP contribution is 2.21. The van der Waals surface area contributed by atoms with Crippen molar-refractivity contribution >= 4 is 11.8 Å². The van der Waals surface area contributed by atoms with Gasteiger partial charge in [0.1, 0.15) is 11.5 Å². The van der Waals surface area contributed by atoms with Gasteiger partial charge in [0.15, 0.2) is 0 Å². The first-order valence-corrected chi connectivity index (χ1v) is 6.12. The third-order valence-electron chi connectivity index (χ3n) is 2.68. The van der Waals surface area contributed by atoms with Gasteiger partial charge in [0, 0.05) is 6.42 Å². The Kier molecular flexibility index (Phi) is 4.50. The molecule has 0 aliphatic rings. The van der Waals surface area contributed by atoms with E-state index in [1.165, 1.54) is 7.11 Å². The highest BCUT2D eigenvalue weighted by Gasteiger charge is 2.14. The van der Waals surface area contributed by atoms with Gasteiger partial charge in [-0.1, -0.05) is 30.3 Å². The molecule has 0 saturated heterocycles. The van der Waals surface area contributed by atoms with Crippen LogP contribution in [0.5, 0.6) is 11.5 Å². The molecule has 0 aliphatic carbocycles. The van der Waals surface area contributed by atoms with Gasteiger partial charge in [-0.15, -0.1) is 0 Å². The molecular weight excluding hydrogens is 256 g/mol. The van der Waals surface area contributed by atoms with Crippen molar-refractivity contribution in [3.05, 3.63) is 60.2 Å². The second-order valence-electron chi connectivity index (χ2n) is 4.15. The standard InChI is InChI=1S/C16H14O4/c1-19-16(18)15(17)11-12-7-9-14(10-8-12)20-13-5-3-2-4-6-13/h2-10H,11H2,1H3. The van der Waals surface area contributed by atoms with E-state index in [1.807, 2.05) is 30.3 Å². The molecule has 20 heavy (non-hydrogen) atoms. The molecule has 0 aliphatic heterocycles. The molecule has 0 bridgehead atoms. The predicted molar refractivity (Wildman–Crippen MR) is 73.7 cm³/mol. The maximum atomic E-state index is 11.4. The molecule has 0 unspecified atom stereocenters. The molecule has 0 aromatic heterocycles. The van der Waals surface area contributed by atoms with Gasteiger partial charge < -0.3 is 9.47 Å². The van der Waals surface area contributed by atoms with Gasteiger partial charge in [-0.3, -0.25) is 4.79 Å². The minimum atomic E-state index is -0.824. The number of hydrogen-bond donors (Lipinski definition) is 0. The van der Waals surface area contributed by atoms with E-state index in [0.29, 0.717) is 5.75 Å². The Balaban J connectivity index is 2.00. The fourth-order valence-electron chi connectivity index (χ4n) is 1.67. The molecule has 0 N–H and O–H groups in total. The number of para-hydroxylation sites is 1. The van der Waals surface area contributed by atoms with Gasteiger partial charge in [-0.25, -0.2) is 4.79 Å². The fraction of sp³-hybridized carbons (Fsp3) is 0.125. The maximum Gasteiger partial charge on any atom is 0.374 e. The summed E-state index contributed by atoms with van der Waals surface area (Å²) in [5, 5.41) is 0. The molecule has 2 aromatic carbocycles. The summed E-state index contributed by atoms with van der Waals surface area (Å²) in [6, 6.07) is 16.4. The summed E-state index contributed by atoms with van der Waals surface area (Å²) < 4.78 is 10.0. The average Bonchev–Trinajstić information content (AvgIpc) is 2.49. The molecule has 4 nitrogen and oxygen atoms in total. The summed E-state index contributed by atoms with van der Waals surface area (Å²) in [4.78, 5) is 22.4. The first kappa shape index (κ1) is 13.8. The number of methoxy groups -OCH3 is 1. The van der Waals surface area contributed by atoms with E-state index in [0.717, 1.165) is 11.3 Å². The van der Waals surface area contributed by atoms with Crippen LogP contribution in [0, 0.1) is 0 Å². The van der Waals surface area contributed by atoms with Gasteiger partial charge in [-0.05, 0) is 29.8 Å². The van der Waals surface area contributed by atoms with Crippen molar-refractivity contribution in [1.29, 1.82) is 0 Å². The summed E-state index contributed by atoms with van der Waals surface area (Å²) in [6.07, 6.45) is 0.0261. The molecule has 4 heteroatoms. The van der Waals surface area contributed by atoms with E-state index in [4.69, 9.17) is 4.74 Å². The monoisotopic (exact) mass is 270 g/mol. The molecule has 0 amide bonds. The van der Waals surface area contributed by atoms with Gasteiger partial charge in [0.2, 0.25) is 5.78 Å². The van der Waals surface area contributed by atoms with Crippen LogP contribution in [0.1, 0.15) is 5.56 Å². The zero-order valence-electron chi connectivity index (χ0n) is 11.0. The molecule has 102 valence electrons. The molecule has 0 heterocycles. The zero-order chi connectivity index (χ0) is 14.4. The van der Waals surface area contributed by atoms with Crippen molar-refractivity contribution in [2.75, 3.05) is 7.11 Å². The van der Waals surface area contributed by atoms with Crippen LogP contribution in [0.2, 0.25) is 0 Å². The summed E-state index contributed by atoms with van der Waals surface area (Å²) in [7, 11) is 1.19. The van der Waals surface area contributed by atoms with Crippen LogP contribution in [-0.4, -0.2) is 18.9 Å². The van der Waals surface area contributed by atoms with Crippen molar-refractivity contribution < 1.29 is 19.1 Å². The third kappa shape index (κ3) is 3.68. The van der Waals surface area contributed by atoms with E-state index in [1.54, 1.807) is 24.3 Å². The molecule has 0 atom stereocenters. The number of benzene rings is 2. The van der Waals surface area contributed by atoms with Crippen LogP contribution in [0.15, 0.2) is 54.6 Å². The number of hydrogen-bond acceptors (Lipinski definition) is 4. The lowest BCUT2D eigenvalue weighted by molar-refractivity contribution is -0.151. The zero-order valence-corrected chi connectivity index (χ0v) is 11.0. The molecule has 0 saturated carbocycles. The van der Waals surface area contributed by atoms with Crippen LogP contribution in [0.3, 0.4) is 0 Å². The number of ketones is 1. The van der Waals surface area contributed by atoms with Crippen molar-refractivity contribution in [3.8, 4) is 11.5 Å². The second kappa shape index (κ2) is 6.52. The van der Waals surface area contributed by atoms with Crippen molar-refractivity contribution in [2.45, 2.75) is 6.42 Å². The van der Waals surface area contributed by atoms with Crippen LogP contribution in [0.4, 0.5) is 0 Å². The summed E-state index contributed by atoms with van der Waals surface area (Å²) in [6.45, 7) is 0. The Morgan fingerprint density at radius 3 is 2.10 bits per heavy atom. The molecular formula is C16H14O4. The normalized spacial score (nSPS) is 9.85. The Bertz CT molecular complexity index is 588. The molecule has 0 spiro atoms. The van der Waals surface area contributed by atoms with Crippen LogP contribution >= 0.6 is 0 Å². The van der Waals surface area contributed by atoms with Gasteiger partial charge >= 0.3 is 5.97 Å². The van der Waals surface area contributed by atoms with E-state index in [2.05, 4.69) is 4.74 Å². The lowest BCUT2D eigenvalue weighted by atomic mass is 10.1. The Morgan fingerprint density at radius 2 is 1.50 bits per heavy atom. The average molecular weight is 270 g/mol. The quantitative estimate of drug-likeness (QED) is 0.619. The van der Waals surface area contributed by atoms with E-state index in [9.17, 15) is 9.59 Å². The second-order valence-corrected chi connectivity index (χ2v) is 4.15. The van der Waals surface area contributed by atoms with Crippen molar-refractivity contribution in [2.24, 2.45) is 0 Å². The number of Topliss-reactive ketones (excluding diaryl/α,β-unsaturated/α-hetero) is 1. The van der Waals surface area contributed by atoms with Gasteiger partial charge in [-0.2, -0.15) is 0 Å². The number of carbonyl (C=O) groups excluding carboxylic acids is 2. The minimum Gasteiger partial charge on any atom is -0.463 e. The summed E-state index contributed by atoms with van der Waals surface area (Å²) in [5.41, 5.74) is 0.737. The SMILES string of the molecule is COC(=O)C(=O)Cc1ccc(Oc2ccccc2)cc1. The van der Waals surface area contributed by atoms with E-state index in [-0.39, 0.29) is 6.42 Å². The van der Waals surface area contributed by atoms with Gasteiger partial charge in [0.25, 0.3) is 0 Å². The number of ether oxygens (including phenoxy) is 2. The molecule has 2 aromatic rings. The summed E-state index contributed by atoms with van der Waals surface area (Å²) >= 11 is 0. The summed E-state index contributed by atoms with van der Waals surface area (Å²) in [5.74, 6) is 0.0233. The topological polar surface area (TPSA) is 52.6 Å². The Labute approximate surface area is 116 Å². The van der Waals surface area contributed by atoms with Gasteiger partial charge in [0.05, 0.1) is 7.11 Å². The van der Waals surface area contributed by atoms with E-state index >= 15 is 0 Å². The largest absolute Gasteiger partial charge is 0.463 e. The lowest BCUT2D eigenvalue weighted by Gasteiger charge is -2.06. The number of carbonyl (C=O) groups is 2. The lowest BCUT2D eigenvalue weighted by Crippen LogP contribution is -2.17. The van der Waals surface area contributed by atoms with Crippen molar-refractivity contribution in [1.82, 2.24) is 0 Å². The van der Waals surface area contributed by atoms with Crippen LogP contribution < -0.4 is 4.74 Å². The molecule has 2 rings (SSSR count). The van der Waals surface area contributed by atoms with E-state index < -0.39 is 11.8 Å². The minimum absolute atomic E-state index is 0.0261. The molecule has 0 radical (unpaired) electrons. The Hall–Kier alpha value is -2.62. The predicted octanol–water partition coefficient (Wildman–Crippen LogP) is 2.76. The Morgan fingerprint density at radius 1 is 0.900 bits per heavy atom. The smallest absolute Gasteiger partial charge is 0.374 e. The third-order valence-corrected chi connectivity index (χ3v) is 2.68. The fourth-order valence-corrected chi connectivity index (χ4v) is 1.67. The first-order valence-electron chi connectivity index (χ1n) is 6.12.